The van der Waals surface area contributed by atoms with Crippen molar-refractivity contribution < 1.29 is 23.7 Å². The second-order valence-electron chi connectivity index (χ2n) is 3.86. The molecule has 0 radical (unpaired) electrons. The molecular formula is C13H16N2O5S. The Kier molecular flexibility index (Phi) is 4.69. The van der Waals surface area contributed by atoms with Gasteiger partial charge in [-0.2, -0.15) is 0 Å². The molecule has 114 valence electrons. The number of rotatable bonds is 5. The lowest BCUT2D eigenvalue weighted by atomic mass is 10.2. The van der Waals surface area contributed by atoms with E-state index in [-0.39, 0.29) is 0 Å². The average molecular weight is 312 g/mol. The van der Waals surface area contributed by atoms with Crippen molar-refractivity contribution in [3.8, 4) is 17.2 Å². The van der Waals surface area contributed by atoms with Gasteiger partial charge in [0.15, 0.2) is 16.6 Å². The fraction of sp³-hybridized carbons (Fsp3) is 0.385. The molecular weight excluding hydrogens is 296 g/mol. The van der Waals surface area contributed by atoms with Crippen molar-refractivity contribution in [2.24, 2.45) is 0 Å². The molecule has 0 aliphatic heterocycles. The fourth-order valence-electron chi connectivity index (χ4n) is 1.84. The molecule has 21 heavy (non-hydrogen) atoms. The van der Waals surface area contributed by atoms with Crippen molar-refractivity contribution >= 4 is 32.8 Å². The van der Waals surface area contributed by atoms with Crippen LogP contribution in [-0.2, 0) is 4.74 Å². The zero-order valence-electron chi connectivity index (χ0n) is 12.2. The Morgan fingerprint density at radius 3 is 2.52 bits per heavy atom. The van der Waals surface area contributed by atoms with Crippen molar-refractivity contribution in [3.05, 3.63) is 6.07 Å². The minimum atomic E-state index is -0.547. The van der Waals surface area contributed by atoms with Gasteiger partial charge in [0.2, 0.25) is 5.75 Å². The lowest BCUT2D eigenvalue weighted by molar-refractivity contribution is 0.168. The third-order valence-corrected chi connectivity index (χ3v) is 3.66. The third kappa shape index (κ3) is 2.94. The molecule has 2 aromatic rings. The molecule has 1 amide bonds. The van der Waals surface area contributed by atoms with Crippen LogP contribution in [-0.4, -0.2) is 39.0 Å². The number of carbonyl (C=O) groups is 1. The van der Waals surface area contributed by atoms with Crippen LogP contribution >= 0.6 is 11.3 Å². The van der Waals surface area contributed by atoms with Gasteiger partial charge in [-0.1, -0.05) is 11.3 Å². The first kappa shape index (κ1) is 15.2. The number of benzene rings is 1. The van der Waals surface area contributed by atoms with Crippen molar-refractivity contribution in [1.82, 2.24) is 4.98 Å². The molecule has 2 rings (SSSR count). The van der Waals surface area contributed by atoms with E-state index in [1.165, 1.54) is 32.7 Å². The van der Waals surface area contributed by atoms with Crippen LogP contribution < -0.4 is 19.5 Å². The molecule has 7 nitrogen and oxygen atoms in total. The molecule has 0 atom stereocenters. The standard InChI is InChI=1S/C13H16N2O5S/c1-5-20-13(16)15-12-14-7-6-8(17-2)9(18-3)10(19-4)11(7)21-12/h6H,5H2,1-4H3,(H,14,15,16). The van der Waals surface area contributed by atoms with Crippen LogP contribution in [0.2, 0.25) is 0 Å². The number of hydrogen-bond donors (Lipinski definition) is 1. The van der Waals surface area contributed by atoms with Gasteiger partial charge in [-0.15, -0.1) is 0 Å². The number of anilines is 1. The Bertz CT molecular complexity index is 656. The molecule has 0 bridgehead atoms. The largest absolute Gasteiger partial charge is 0.493 e. The molecule has 8 heteroatoms. The second-order valence-corrected chi connectivity index (χ2v) is 4.86. The van der Waals surface area contributed by atoms with Crippen molar-refractivity contribution in [3.63, 3.8) is 0 Å². The zero-order chi connectivity index (χ0) is 15.4. The molecule has 0 aliphatic rings. The number of nitrogens with one attached hydrogen (secondary N) is 1. The first-order valence-electron chi connectivity index (χ1n) is 6.17. The molecule has 0 saturated carbocycles. The summed E-state index contributed by atoms with van der Waals surface area (Å²) in [6.45, 7) is 2.03. The van der Waals surface area contributed by atoms with Gasteiger partial charge in [0.1, 0.15) is 4.70 Å². The topological polar surface area (TPSA) is 78.9 Å². The Labute approximate surface area is 125 Å². The maximum Gasteiger partial charge on any atom is 0.413 e. The summed E-state index contributed by atoms with van der Waals surface area (Å²) in [7, 11) is 4.60. The number of fused-ring (bicyclic) bond motifs is 1. The summed E-state index contributed by atoms with van der Waals surface area (Å²) < 4.78 is 21.5. The van der Waals surface area contributed by atoms with E-state index < -0.39 is 6.09 Å². The van der Waals surface area contributed by atoms with Gasteiger partial charge in [-0.05, 0) is 6.92 Å². The predicted octanol–water partition coefficient (Wildman–Crippen LogP) is 2.89. The molecule has 1 aromatic heterocycles. The summed E-state index contributed by atoms with van der Waals surface area (Å²) in [4.78, 5) is 15.8. The first-order valence-corrected chi connectivity index (χ1v) is 6.99. The molecule has 1 aromatic carbocycles. The summed E-state index contributed by atoms with van der Waals surface area (Å²) in [5, 5.41) is 2.98. The number of thiazole rings is 1. The molecule has 1 N–H and O–H groups in total. The number of aromatic nitrogens is 1. The van der Waals surface area contributed by atoms with Crippen molar-refractivity contribution in [2.45, 2.75) is 6.92 Å². The first-order chi connectivity index (χ1) is 10.1. The zero-order valence-corrected chi connectivity index (χ0v) is 13.0. The number of methoxy groups -OCH3 is 3. The highest BCUT2D eigenvalue weighted by Gasteiger charge is 2.20. The van der Waals surface area contributed by atoms with E-state index in [0.717, 1.165) is 4.70 Å². The average Bonchev–Trinajstić information content (AvgIpc) is 2.86. The van der Waals surface area contributed by atoms with Gasteiger partial charge in [-0.3, -0.25) is 5.32 Å². The van der Waals surface area contributed by atoms with E-state index in [9.17, 15) is 4.79 Å². The minimum absolute atomic E-state index is 0.293. The highest BCUT2D eigenvalue weighted by Crippen LogP contribution is 2.46. The minimum Gasteiger partial charge on any atom is -0.493 e. The fourth-order valence-corrected chi connectivity index (χ4v) is 2.79. The summed E-state index contributed by atoms with van der Waals surface area (Å²) in [5.74, 6) is 1.51. The van der Waals surface area contributed by atoms with Gasteiger partial charge in [0, 0.05) is 6.07 Å². The normalized spacial score (nSPS) is 10.3. The lowest BCUT2D eigenvalue weighted by Gasteiger charge is -2.11. The van der Waals surface area contributed by atoms with Crippen LogP contribution in [0.1, 0.15) is 6.92 Å². The van der Waals surface area contributed by atoms with Gasteiger partial charge >= 0.3 is 6.09 Å². The number of amides is 1. The summed E-state index contributed by atoms with van der Waals surface area (Å²) in [5.41, 5.74) is 0.640. The summed E-state index contributed by atoms with van der Waals surface area (Å²) in [6, 6.07) is 1.73. The number of hydrogen-bond acceptors (Lipinski definition) is 7. The van der Waals surface area contributed by atoms with E-state index in [4.69, 9.17) is 18.9 Å². The quantitative estimate of drug-likeness (QED) is 0.914. The summed E-state index contributed by atoms with van der Waals surface area (Å²) in [6.07, 6.45) is -0.547. The molecule has 0 aliphatic carbocycles. The Morgan fingerprint density at radius 2 is 1.95 bits per heavy atom. The SMILES string of the molecule is CCOC(=O)Nc1nc2cc(OC)c(OC)c(OC)c2s1. The maximum atomic E-state index is 11.4. The lowest BCUT2D eigenvalue weighted by Crippen LogP contribution is -2.12. The highest BCUT2D eigenvalue weighted by molar-refractivity contribution is 7.22. The van der Waals surface area contributed by atoms with Crippen LogP contribution in [0.25, 0.3) is 10.2 Å². The van der Waals surface area contributed by atoms with Gasteiger partial charge in [0.25, 0.3) is 0 Å². The third-order valence-electron chi connectivity index (χ3n) is 2.67. The highest BCUT2D eigenvalue weighted by atomic mass is 32.1. The van der Waals surface area contributed by atoms with Crippen LogP contribution in [0.5, 0.6) is 17.2 Å². The van der Waals surface area contributed by atoms with Gasteiger partial charge in [-0.25, -0.2) is 9.78 Å². The van der Waals surface area contributed by atoms with E-state index in [1.807, 2.05) is 0 Å². The Balaban J connectivity index is 2.48. The van der Waals surface area contributed by atoms with Crippen LogP contribution in [0.4, 0.5) is 9.93 Å². The molecule has 0 fully saturated rings. The Morgan fingerprint density at radius 1 is 1.24 bits per heavy atom. The second kappa shape index (κ2) is 6.49. The van der Waals surface area contributed by atoms with E-state index >= 15 is 0 Å². The number of ether oxygens (including phenoxy) is 4. The van der Waals surface area contributed by atoms with E-state index in [2.05, 4.69) is 10.3 Å². The number of carbonyl (C=O) groups excluding carboxylic acids is 1. The van der Waals surface area contributed by atoms with Crippen LogP contribution in [0, 0.1) is 0 Å². The molecule has 0 unspecified atom stereocenters. The van der Waals surface area contributed by atoms with Crippen molar-refractivity contribution in [2.75, 3.05) is 33.3 Å². The Hall–Kier alpha value is -2.22. The van der Waals surface area contributed by atoms with E-state index in [0.29, 0.717) is 34.5 Å². The van der Waals surface area contributed by atoms with Gasteiger partial charge in [0.05, 0.1) is 33.5 Å². The predicted molar refractivity (Wildman–Crippen MR) is 79.9 cm³/mol. The maximum absolute atomic E-state index is 11.4. The number of nitrogens with zero attached hydrogens (tertiary/aromatic N) is 1. The molecule has 0 spiro atoms. The molecule has 0 saturated heterocycles. The van der Waals surface area contributed by atoms with Crippen LogP contribution in [0.15, 0.2) is 6.07 Å². The summed E-state index contributed by atoms with van der Waals surface area (Å²) >= 11 is 1.27. The van der Waals surface area contributed by atoms with E-state index in [1.54, 1.807) is 13.0 Å². The smallest absolute Gasteiger partial charge is 0.413 e. The monoisotopic (exact) mass is 312 g/mol. The van der Waals surface area contributed by atoms with Crippen LogP contribution in [0.3, 0.4) is 0 Å². The van der Waals surface area contributed by atoms with Gasteiger partial charge < -0.3 is 18.9 Å². The van der Waals surface area contributed by atoms with Crippen molar-refractivity contribution in [1.29, 1.82) is 0 Å². The molecule has 1 heterocycles.